The van der Waals surface area contributed by atoms with Gasteiger partial charge in [-0.15, -0.1) is 0 Å². The number of rotatable bonds is 0. The Kier molecular flexibility index (Phi) is 2.01. The van der Waals surface area contributed by atoms with Gasteiger partial charge in [-0.05, 0) is 25.0 Å². The van der Waals surface area contributed by atoms with Crippen LogP contribution in [0.2, 0.25) is 0 Å². The normalized spacial score (nSPS) is 21.3. The van der Waals surface area contributed by atoms with E-state index in [0.29, 0.717) is 5.25 Å². The molecule has 0 N–H and O–H groups in total. The molecule has 0 saturated carbocycles. The number of fused-ring (bicyclic) bond motifs is 1. The summed E-state index contributed by atoms with van der Waals surface area (Å²) >= 11 is 4.49. The van der Waals surface area contributed by atoms with Gasteiger partial charge in [-0.3, -0.25) is 0 Å². The minimum Gasteiger partial charge on any atom is -0.493 e. The maximum Gasteiger partial charge on any atom is 0.123 e. The maximum atomic E-state index is 5.53. The summed E-state index contributed by atoms with van der Waals surface area (Å²) in [6.45, 7) is 2.87. The average molecular weight is 180 g/mol. The molecule has 0 radical (unpaired) electrons. The minimum atomic E-state index is 0.356. The second-order valence-corrected chi connectivity index (χ2v) is 3.82. The quantitative estimate of drug-likeness (QED) is 0.604. The van der Waals surface area contributed by atoms with Crippen LogP contribution in [0.4, 0.5) is 0 Å². The third kappa shape index (κ3) is 1.31. The first-order valence-corrected chi connectivity index (χ1v) is 4.70. The third-order valence-electron chi connectivity index (χ3n) is 2.18. The number of aryl methyl sites for hydroxylation is 1. The lowest BCUT2D eigenvalue weighted by molar-refractivity contribution is 0.286. The Hall–Kier alpha value is -0.630. The van der Waals surface area contributed by atoms with Crippen molar-refractivity contribution in [3.63, 3.8) is 0 Å². The molecule has 1 aromatic carbocycles. The van der Waals surface area contributed by atoms with E-state index in [9.17, 15) is 0 Å². The first-order chi connectivity index (χ1) is 5.77. The molecule has 12 heavy (non-hydrogen) atoms. The molecule has 1 unspecified atom stereocenters. The lowest BCUT2D eigenvalue weighted by Crippen LogP contribution is -2.10. The van der Waals surface area contributed by atoms with Crippen LogP contribution in [0.25, 0.3) is 0 Å². The van der Waals surface area contributed by atoms with E-state index in [1.165, 1.54) is 11.1 Å². The monoisotopic (exact) mass is 180 g/mol. The van der Waals surface area contributed by atoms with Crippen LogP contribution in [-0.4, -0.2) is 6.61 Å². The summed E-state index contributed by atoms with van der Waals surface area (Å²) in [5, 5.41) is 0.356. The molecule has 1 aromatic rings. The van der Waals surface area contributed by atoms with Crippen molar-refractivity contribution in [2.45, 2.75) is 18.6 Å². The summed E-state index contributed by atoms with van der Waals surface area (Å²) in [5.74, 6) is 1.02. The first kappa shape index (κ1) is 7.99. The zero-order valence-corrected chi connectivity index (χ0v) is 7.97. The van der Waals surface area contributed by atoms with Crippen molar-refractivity contribution in [2.24, 2.45) is 0 Å². The molecule has 2 heteroatoms. The molecule has 0 saturated heterocycles. The summed E-state index contributed by atoms with van der Waals surface area (Å²) < 4.78 is 5.53. The number of hydrogen-bond acceptors (Lipinski definition) is 2. The topological polar surface area (TPSA) is 9.23 Å². The van der Waals surface area contributed by atoms with Crippen LogP contribution < -0.4 is 4.74 Å². The van der Waals surface area contributed by atoms with E-state index in [0.717, 1.165) is 18.8 Å². The van der Waals surface area contributed by atoms with E-state index >= 15 is 0 Å². The highest BCUT2D eigenvalue weighted by atomic mass is 32.1. The van der Waals surface area contributed by atoms with Gasteiger partial charge in [-0.25, -0.2) is 0 Å². The minimum absolute atomic E-state index is 0.356. The Morgan fingerprint density at radius 3 is 3.17 bits per heavy atom. The molecule has 1 atom stereocenters. The summed E-state index contributed by atoms with van der Waals surface area (Å²) in [6.07, 6.45) is 1.01. The SMILES string of the molecule is Cc1ccc2c(c1)OCCC2S. The molecule has 0 aliphatic carbocycles. The van der Waals surface area contributed by atoms with Crippen LogP contribution in [0.5, 0.6) is 5.75 Å². The summed E-state index contributed by atoms with van der Waals surface area (Å²) in [7, 11) is 0. The smallest absolute Gasteiger partial charge is 0.123 e. The van der Waals surface area contributed by atoms with Crippen LogP contribution in [0, 0.1) is 6.92 Å². The largest absolute Gasteiger partial charge is 0.493 e. The van der Waals surface area contributed by atoms with E-state index in [1.54, 1.807) is 0 Å². The molecule has 0 amide bonds. The van der Waals surface area contributed by atoms with Gasteiger partial charge < -0.3 is 4.74 Å². The van der Waals surface area contributed by atoms with E-state index < -0.39 is 0 Å². The van der Waals surface area contributed by atoms with Crippen molar-refractivity contribution in [3.05, 3.63) is 29.3 Å². The van der Waals surface area contributed by atoms with Gasteiger partial charge in [-0.2, -0.15) is 12.6 Å². The van der Waals surface area contributed by atoms with Gasteiger partial charge in [0.25, 0.3) is 0 Å². The summed E-state index contributed by atoms with van der Waals surface area (Å²) in [6, 6.07) is 6.30. The highest BCUT2D eigenvalue weighted by Crippen LogP contribution is 2.36. The Morgan fingerprint density at radius 2 is 2.33 bits per heavy atom. The van der Waals surface area contributed by atoms with E-state index in [4.69, 9.17) is 4.74 Å². The van der Waals surface area contributed by atoms with Gasteiger partial charge in [0, 0.05) is 10.8 Å². The van der Waals surface area contributed by atoms with Gasteiger partial charge >= 0.3 is 0 Å². The average Bonchev–Trinajstić information content (AvgIpc) is 2.04. The second-order valence-electron chi connectivity index (χ2n) is 3.19. The van der Waals surface area contributed by atoms with Crippen LogP contribution >= 0.6 is 12.6 Å². The lowest BCUT2D eigenvalue weighted by Gasteiger charge is -2.22. The molecular weight excluding hydrogens is 168 g/mol. The predicted octanol–water partition coefficient (Wildman–Crippen LogP) is 2.75. The van der Waals surface area contributed by atoms with Crippen molar-refractivity contribution in [3.8, 4) is 5.75 Å². The molecule has 1 aliphatic rings. The fraction of sp³-hybridized carbons (Fsp3) is 0.400. The summed E-state index contributed by atoms with van der Waals surface area (Å²) in [4.78, 5) is 0. The second kappa shape index (κ2) is 3.02. The highest BCUT2D eigenvalue weighted by molar-refractivity contribution is 7.80. The van der Waals surface area contributed by atoms with Crippen molar-refractivity contribution in [2.75, 3.05) is 6.61 Å². The number of ether oxygens (including phenoxy) is 1. The Labute approximate surface area is 78.2 Å². The van der Waals surface area contributed by atoms with Gasteiger partial charge in [0.05, 0.1) is 6.61 Å². The van der Waals surface area contributed by atoms with Crippen molar-refractivity contribution >= 4 is 12.6 Å². The van der Waals surface area contributed by atoms with E-state index in [1.807, 2.05) is 0 Å². The molecule has 64 valence electrons. The molecular formula is C10H12OS. The molecule has 0 fully saturated rings. The third-order valence-corrected chi connectivity index (χ3v) is 2.71. The zero-order chi connectivity index (χ0) is 8.55. The van der Waals surface area contributed by atoms with Crippen molar-refractivity contribution in [1.82, 2.24) is 0 Å². The standard InChI is InChI=1S/C10H12OS/c1-7-2-3-8-9(6-7)11-5-4-10(8)12/h2-3,6,10,12H,4-5H2,1H3. The molecule has 1 nitrogen and oxygen atoms in total. The highest BCUT2D eigenvalue weighted by Gasteiger charge is 2.17. The van der Waals surface area contributed by atoms with Gasteiger partial charge in [0.1, 0.15) is 5.75 Å². The van der Waals surface area contributed by atoms with E-state index in [2.05, 4.69) is 37.8 Å². The van der Waals surface area contributed by atoms with Crippen molar-refractivity contribution in [1.29, 1.82) is 0 Å². The Balaban J connectivity index is 2.46. The molecule has 2 rings (SSSR count). The van der Waals surface area contributed by atoms with Crippen LogP contribution in [0.3, 0.4) is 0 Å². The Bertz CT molecular complexity index is 296. The van der Waals surface area contributed by atoms with Gasteiger partial charge in [0.15, 0.2) is 0 Å². The number of hydrogen-bond donors (Lipinski definition) is 1. The zero-order valence-electron chi connectivity index (χ0n) is 7.08. The first-order valence-electron chi connectivity index (χ1n) is 4.19. The van der Waals surface area contributed by atoms with Crippen LogP contribution in [0.1, 0.15) is 22.8 Å². The van der Waals surface area contributed by atoms with Gasteiger partial charge in [0.2, 0.25) is 0 Å². The Morgan fingerprint density at radius 1 is 1.50 bits per heavy atom. The molecule has 1 aliphatic heterocycles. The van der Waals surface area contributed by atoms with Crippen LogP contribution in [-0.2, 0) is 0 Å². The van der Waals surface area contributed by atoms with Gasteiger partial charge in [-0.1, -0.05) is 12.1 Å². The fourth-order valence-corrected chi connectivity index (χ4v) is 1.80. The molecule has 0 aromatic heterocycles. The van der Waals surface area contributed by atoms with Crippen LogP contribution in [0.15, 0.2) is 18.2 Å². The number of benzene rings is 1. The summed E-state index contributed by atoms with van der Waals surface area (Å²) in [5.41, 5.74) is 2.48. The lowest BCUT2D eigenvalue weighted by atomic mass is 10.0. The van der Waals surface area contributed by atoms with Crippen molar-refractivity contribution < 1.29 is 4.74 Å². The maximum absolute atomic E-state index is 5.53. The molecule has 0 spiro atoms. The predicted molar refractivity (Wildman–Crippen MR) is 53.0 cm³/mol. The number of thiol groups is 1. The fourth-order valence-electron chi connectivity index (χ4n) is 1.48. The van der Waals surface area contributed by atoms with E-state index in [-0.39, 0.29) is 0 Å². The molecule has 0 bridgehead atoms. The molecule has 1 heterocycles.